The Morgan fingerprint density at radius 3 is 1.77 bits per heavy atom. The Bertz CT molecular complexity index is 2380. The Morgan fingerprint density at radius 1 is 0.558 bits per heavy atom. The molecule has 9 fully saturated rings. The summed E-state index contributed by atoms with van der Waals surface area (Å²) in [5.74, 6) is -0.930. The first-order chi connectivity index (χ1) is 40.4. The van der Waals surface area contributed by atoms with Crippen molar-refractivity contribution < 1.29 is 134 Å². The Hall–Kier alpha value is -1.79. The van der Waals surface area contributed by atoms with Gasteiger partial charge in [-0.25, -0.2) is 0 Å². The minimum atomic E-state index is -1.91. The molecule has 0 aromatic rings. The number of carbonyl (C=O) groups is 1. The van der Waals surface area contributed by atoms with Crippen LogP contribution < -0.4 is 0 Å². The number of hydrogen-bond acceptors (Lipinski definition) is 27. The summed E-state index contributed by atoms with van der Waals surface area (Å²) in [4.78, 5) is 15.2. The van der Waals surface area contributed by atoms with E-state index in [9.17, 15) is 81.7 Å². The highest BCUT2D eigenvalue weighted by atomic mass is 16.8. The van der Waals surface area contributed by atoms with Gasteiger partial charge in [-0.3, -0.25) is 4.79 Å². The van der Waals surface area contributed by atoms with Gasteiger partial charge in [-0.05, 0) is 111 Å². The standard InChI is InChI=1S/C59H96O27/c1-24-34(64)37(67)42(72)50(79-24)85-47-28(19-60)80-48(44(74)39(47)69)78-22-30-36(66)38(68)43(73)52(82-30)86-53(76)59-16-14-54(2,3)18-26(59)25-8-9-32-55(4)12-11-33(56(5,23-62)31(55)10-13-58(32,7)57(25,6)15-17-59)83-51-45(75)40(70)46(29(20-61)81-51)84-49-41(71)35(65)27(63)21-77-49/h8,24,26-52,60-75H,9-23H2,1-7H3/t24-,26-,27-,28+,29+,30+,31+,32+,33-,34-,35-,36+,37+,38-,39+,40+,41+,42+,43+,44+,45+,46+,47+,48+,49-,50-,51-,52-,55-,56-,57+,58+,59-/m0/s1. The molecule has 33 atom stereocenters. The second-order valence-corrected chi connectivity index (χ2v) is 28.5. The summed E-state index contributed by atoms with van der Waals surface area (Å²) in [6, 6.07) is 0. The van der Waals surface area contributed by atoms with Crippen LogP contribution in [0, 0.1) is 50.2 Å². The Labute approximate surface area is 499 Å². The number of aliphatic hydroxyl groups excluding tert-OH is 16. The van der Waals surface area contributed by atoms with Crippen LogP contribution in [0.2, 0.25) is 0 Å². The summed E-state index contributed by atoms with van der Waals surface area (Å²) in [5, 5.41) is 173. The van der Waals surface area contributed by atoms with E-state index in [2.05, 4.69) is 40.7 Å². The molecule has 0 unspecified atom stereocenters. The van der Waals surface area contributed by atoms with Crippen molar-refractivity contribution in [3.63, 3.8) is 0 Å². The normalized spacial score (nSPS) is 54.8. The number of esters is 1. The number of aliphatic hydroxyl groups is 16. The monoisotopic (exact) mass is 1240 g/mol. The SMILES string of the molecule is C[C@@H]1O[C@@H](O[C@H]2[C@H](O)[C@@H](O)[C@H](OC[C@H]3O[C@@H](OC(=O)[C@]45CCC(C)(C)C[C@H]4C4=CC[C@@H]6[C@@]7(C)CC[C@H](O[C@@H]8O[C@H](CO)[C@@H](O[C@@H]9OC[C@H](O)[C@H](O)[C@H]9O)[C@H](O)[C@H]8O)[C@@](C)(CO)[C@@H]7CC[C@@]6(C)[C@]4(C)CC5)[C@H](O)[C@@H](O)[C@@H]3O)O[C@@H]2CO)[C@H](O)[C@H](O)[C@H]1O. The van der Waals surface area contributed by atoms with Crippen molar-refractivity contribution in [1.82, 2.24) is 0 Å². The van der Waals surface area contributed by atoms with Crippen molar-refractivity contribution in [3.05, 3.63) is 11.6 Å². The molecule has 10 aliphatic rings. The fourth-order valence-corrected chi connectivity index (χ4v) is 17.6. The summed E-state index contributed by atoms with van der Waals surface area (Å²) < 4.78 is 58.7. The Morgan fingerprint density at radius 2 is 1.12 bits per heavy atom. The third-order valence-electron chi connectivity index (χ3n) is 23.2. The predicted molar refractivity (Wildman–Crippen MR) is 289 cm³/mol. The van der Waals surface area contributed by atoms with Crippen LogP contribution in [-0.4, -0.2) is 274 Å². The van der Waals surface area contributed by atoms with Crippen LogP contribution in [0.5, 0.6) is 0 Å². The molecular formula is C59H96O27. The molecule has 27 nitrogen and oxygen atoms in total. The van der Waals surface area contributed by atoms with Gasteiger partial charge in [0.2, 0.25) is 6.29 Å². The molecule has 5 heterocycles. The highest BCUT2D eigenvalue weighted by Gasteiger charge is 2.71. The maximum absolute atomic E-state index is 15.2. The molecule has 5 saturated heterocycles. The van der Waals surface area contributed by atoms with Gasteiger partial charge in [-0.1, -0.05) is 53.2 Å². The van der Waals surface area contributed by atoms with Crippen molar-refractivity contribution in [2.75, 3.05) is 33.0 Å². The lowest BCUT2D eigenvalue weighted by molar-refractivity contribution is -0.362. The van der Waals surface area contributed by atoms with E-state index in [1.807, 2.05) is 6.92 Å². The van der Waals surface area contributed by atoms with Crippen molar-refractivity contribution in [3.8, 4) is 0 Å². The molecule has 0 spiro atoms. The maximum Gasteiger partial charge on any atom is 0.315 e. The average molecular weight is 1240 g/mol. The van der Waals surface area contributed by atoms with Gasteiger partial charge in [0.25, 0.3) is 0 Å². The summed E-state index contributed by atoms with van der Waals surface area (Å²) >= 11 is 0. The van der Waals surface area contributed by atoms with Gasteiger partial charge in [-0.2, -0.15) is 0 Å². The van der Waals surface area contributed by atoms with E-state index in [0.717, 1.165) is 6.42 Å². The van der Waals surface area contributed by atoms with Crippen molar-refractivity contribution >= 4 is 5.97 Å². The largest absolute Gasteiger partial charge is 0.432 e. The van der Waals surface area contributed by atoms with Crippen LogP contribution in [0.15, 0.2) is 11.6 Å². The van der Waals surface area contributed by atoms with E-state index in [1.54, 1.807) is 0 Å². The summed E-state index contributed by atoms with van der Waals surface area (Å²) in [6.45, 7) is 11.9. The number of rotatable bonds is 14. The Kier molecular flexibility index (Phi) is 19.4. The smallest absolute Gasteiger partial charge is 0.315 e. The number of hydrogen-bond donors (Lipinski definition) is 16. The molecular weight excluding hydrogens is 1140 g/mol. The summed E-state index contributed by atoms with van der Waals surface area (Å²) in [7, 11) is 0. The number of fused-ring (bicyclic) bond motifs is 7. The third kappa shape index (κ3) is 11.2. The lowest BCUT2D eigenvalue weighted by Gasteiger charge is -2.71. The molecule has 16 N–H and O–H groups in total. The van der Waals surface area contributed by atoms with Crippen LogP contribution in [-0.2, 0) is 52.2 Å². The molecule has 0 amide bonds. The predicted octanol–water partition coefficient (Wildman–Crippen LogP) is -3.57. The molecule has 10 rings (SSSR count). The molecule has 0 radical (unpaired) electrons. The van der Waals surface area contributed by atoms with E-state index in [1.165, 1.54) is 12.5 Å². The molecule has 86 heavy (non-hydrogen) atoms. The van der Waals surface area contributed by atoms with Crippen LogP contribution in [0.1, 0.15) is 113 Å². The number of carbonyl (C=O) groups excluding carboxylic acids is 1. The molecule has 0 aromatic heterocycles. The fraction of sp³-hybridized carbons (Fsp3) is 0.949. The number of ether oxygens (including phenoxy) is 10. The van der Waals surface area contributed by atoms with Gasteiger partial charge in [-0.15, -0.1) is 0 Å². The van der Waals surface area contributed by atoms with Crippen LogP contribution in [0.25, 0.3) is 0 Å². The van der Waals surface area contributed by atoms with Crippen molar-refractivity contribution in [2.24, 2.45) is 50.2 Å². The van der Waals surface area contributed by atoms with Crippen LogP contribution in [0.3, 0.4) is 0 Å². The van der Waals surface area contributed by atoms with Crippen molar-refractivity contribution in [2.45, 2.75) is 266 Å². The summed E-state index contributed by atoms with van der Waals surface area (Å²) in [6.07, 6.45) is -31.0. The number of allylic oxidation sites excluding steroid dienone is 2. The first-order valence-electron chi connectivity index (χ1n) is 30.8. The van der Waals surface area contributed by atoms with Gasteiger partial charge in [0, 0.05) is 5.41 Å². The van der Waals surface area contributed by atoms with Gasteiger partial charge in [0.05, 0.1) is 50.7 Å². The molecule has 27 heteroatoms. The molecule has 0 bridgehead atoms. The average Bonchev–Trinajstić information content (AvgIpc) is 0.680. The topological polar surface area (TPSA) is 433 Å². The zero-order chi connectivity index (χ0) is 62.7. The minimum Gasteiger partial charge on any atom is -0.432 e. The highest BCUT2D eigenvalue weighted by molar-refractivity contribution is 5.79. The zero-order valence-electron chi connectivity index (χ0n) is 50.0. The van der Waals surface area contributed by atoms with E-state index in [0.29, 0.717) is 57.8 Å². The first-order valence-corrected chi connectivity index (χ1v) is 30.8. The van der Waals surface area contributed by atoms with Crippen LogP contribution in [0.4, 0.5) is 0 Å². The second-order valence-electron chi connectivity index (χ2n) is 28.5. The van der Waals surface area contributed by atoms with E-state index in [-0.39, 0.29) is 47.2 Å². The maximum atomic E-state index is 15.2. The molecule has 494 valence electrons. The van der Waals surface area contributed by atoms with E-state index >= 15 is 4.79 Å². The Balaban J connectivity index is 0.820. The lowest BCUT2D eigenvalue weighted by atomic mass is 9.33. The lowest BCUT2D eigenvalue weighted by Crippen LogP contribution is -2.67. The van der Waals surface area contributed by atoms with Gasteiger partial charge in [0.1, 0.15) is 110 Å². The molecule has 4 saturated carbocycles. The summed E-state index contributed by atoms with van der Waals surface area (Å²) in [5.41, 5.74) is -2.06. The molecule has 5 aliphatic carbocycles. The molecule has 5 aliphatic heterocycles. The highest BCUT2D eigenvalue weighted by Crippen LogP contribution is 2.76. The van der Waals surface area contributed by atoms with Gasteiger partial charge < -0.3 is 129 Å². The molecule has 0 aromatic carbocycles. The van der Waals surface area contributed by atoms with Gasteiger partial charge >= 0.3 is 5.97 Å². The second kappa shape index (κ2) is 24.9. The quantitative estimate of drug-likeness (QED) is 0.0454. The van der Waals surface area contributed by atoms with Crippen LogP contribution >= 0.6 is 0 Å². The first kappa shape index (κ1) is 67.1. The third-order valence-corrected chi connectivity index (χ3v) is 23.2. The zero-order valence-corrected chi connectivity index (χ0v) is 50.0. The van der Waals surface area contributed by atoms with E-state index < -0.39 is 196 Å². The van der Waals surface area contributed by atoms with E-state index in [4.69, 9.17) is 47.4 Å². The van der Waals surface area contributed by atoms with Gasteiger partial charge in [0.15, 0.2) is 25.2 Å². The minimum absolute atomic E-state index is 0.0970. The fourth-order valence-electron chi connectivity index (χ4n) is 17.6. The van der Waals surface area contributed by atoms with Crippen molar-refractivity contribution in [1.29, 1.82) is 0 Å².